The molecule has 0 saturated carbocycles. The van der Waals surface area contributed by atoms with E-state index in [1.165, 1.54) is 4.57 Å². The molecular weight excluding hydrogens is 218 g/mol. The molecule has 0 aliphatic carbocycles. The quantitative estimate of drug-likeness (QED) is 0.722. The largest absolute Gasteiger partial charge is 0.368 e. The lowest BCUT2D eigenvalue weighted by atomic mass is 10.4. The standard InChI is InChI=1S/C11H9N5O/c12-5-9(6-13)7-15-11-3-1-2-4-16(11)8-10(14)17/h1-4,7H,8H2,(H2,14,17). The predicted molar refractivity (Wildman–Crippen MR) is 58.5 cm³/mol. The normalized spacial score (nSPS) is 10.1. The molecule has 0 saturated heterocycles. The summed E-state index contributed by atoms with van der Waals surface area (Å²) in [6.07, 6.45) is 2.78. The number of allylic oxidation sites excluding steroid dienone is 1. The third-order valence-electron chi connectivity index (χ3n) is 1.81. The van der Waals surface area contributed by atoms with Crippen LogP contribution in [0.15, 0.2) is 41.2 Å². The summed E-state index contributed by atoms with van der Waals surface area (Å²) in [6.45, 7) is -0.0120. The Balaban J connectivity index is 3.19. The summed E-state index contributed by atoms with van der Waals surface area (Å²) >= 11 is 0. The molecule has 1 rings (SSSR count). The molecule has 0 aliphatic rings. The molecule has 1 aromatic rings. The summed E-state index contributed by atoms with van der Waals surface area (Å²) in [7, 11) is 0. The number of aromatic nitrogens is 1. The maximum Gasteiger partial charge on any atom is 0.237 e. The van der Waals surface area contributed by atoms with Crippen molar-refractivity contribution in [2.45, 2.75) is 6.54 Å². The average molecular weight is 227 g/mol. The Morgan fingerprint density at radius 1 is 1.47 bits per heavy atom. The molecule has 1 amide bonds. The molecule has 0 bridgehead atoms. The van der Waals surface area contributed by atoms with E-state index in [-0.39, 0.29) is 12.1 Å². The summed E-state index contributed by atoms with van der Waals surface area (Å²) in [5, 5.41) is 17.1. The molecule has 0 aromatic carbocycles. The van der Waals surface area contributed by atoms with E-state index in [1.54, 1.807) is 36.5 Å². The minimum atomic E-state index is -0.498. The van der Waals surface area contributed by atoms with Crippen LogP contribution < -0.4 is 11.2 Å². The fourth-order valence-corrected chi connectivity index (χ4v) is 1.10. The fraction of sp³-hybridized carbons (Fsp3) is 0.0909. The molecule has 0 fully saturated rings. The molecule has 0 spiro atoms. The van der Waals surface area contributed by atoms with Crippen LogP contribution in [0.3, 0.4) is 0 Å². The highest BCUT2D eigenvalue weighted by Crippen LogP contribution is 1.89. The van der Waals surface area contributed by atoms with Gasteiger partial charge < -0.3 is 10.3 Å². The highest BCUT2D eigenvalue weighted by molar-refractivity contribution is 5.73. The summed E-state index contributed by atoms with van der Waals surface area (Å²) < 4.78 is 1.52. The Labute approximate surface area is 97.5 Å². The third-order valence-corrected chi connectivity index (χ3v) is 1.81. The van der Waals surface area contributed by atoms with E-state index in [0.29, 0.717) is 5.49 Å². The van der Waals surface area contributed by atoms with Crippen LogP contribution in [-0.2, 0) is 11.3 Å². The van der Waals surface area contributed by atoms with Gasteiger partial charge in [0.25, 0.3) is 0 Å². The fourth-order valence-electron chi connectivity index (χ4n) is 1.10. The number of hydrogen-bond acceptors (Lipinski definition) is 4. The van der Waals surface area contributed by atoms with Crippen molar-refractivity contribution in [3.63, 3.8) is 0 Å². The molecule has 0 aliphatic heterocycles. The molecule has 0 radical (unpaired) electrons. The second-order valence-corrected chi connectivity index (χ2v) is 3.05. The van der Waals surface area contributed by atoms with Crippen molar-refractivity contribution in [2.75, 3.05) is 0 Å². The van der Waals surface area contributed by atoms with Gasteiger partial charge in [-0.25, -0.2) is 4.99 Å². The Bertz CT molecular complexity index is 581. The smallest absolute Gasteiger partial charge is 0.237 e. The Morgan fingerprint density at radius 2 is 2.18 bits per heavy atom. The van der Waals surface area contributed by atoms with Gasteiger partial charge in [0, 0.05) is 6.20 Å². The van der Waals surface area contributed by atoms with Crippen LogP contribution in [0.4, 0.5) is 0 Å². The minimum Gasteiger partial charge on any atom is -0.368 e. The number of primary amides is 1. The Hall–Kier alpha value is -2.86. The predicted octanol–water partition coefficient (Wildman–Crippen LogP) is -0.195. The number of pyridine rings is 1. The Kier molecular flexibility index (Phi) is 4.23. The van der Waals surface area contributed by atoms with Crippen LogP contribution >= 0.6 is 0 Å². The van der Waals surface area contributed by atoms with Crippen molar-refractivity contribution in [2.24, 2.45) is 10.7 Å². The van der Waals surface area contributed by atoms with Crippen molar-refractivity contribution in [1.82, 2.24) is 4.57 Å². The van der Waals surface area contributed by atoms with Gasteiger partial charge in [-0.1, -0.05) is 6.07 Å². The van der Waals surface area contributed by atoms with Gasteiger partial charge in [0.2, 0.25) is 5.91 Å². The van der Waals surface area contributed by atoms with Crippen molar-refractivity contribution < 1.29 is 4.79 Å². The molecule has 17 heavy (non-hydrogen) atoms. The van der Waals surface area contributed by atoms with Crippen molar-refractivity contribution >= 4 is 5.91 Å². The van der Waals surface area contributed by atoms with Crippen LogP contribution in [0.1, 0.15) is 0 Å². The second-order valence-electron chi connectivity index (χ2n) is 3.05. The van der Waals surface area contributed by atoms with E-state index in [2.05, 4.69) is 4.99 Å². The van der Waals surface area contributed by atoms with Crippen molar-refractivity contribution in [1.29, 1.82) is 10.5 Å². The summed E-state index contributed by atoms with van der Waals surface area (Å²) in [5.41, 5.74) is 5.41. The van der Waals surface area contributed by atoms with Gasteiger partial charge in [-0.2, -0.15) is 10.5 Å². The number of rotatable bonds is 3. The number of hydrogen-bond donors (Lipinski definition) is 1. The first-order chi connectivity index (χ1) is 8.17. The molecule has 2 N–H and O–H groups in total. The van der Waals surface area contributed by atoms with Crippen LogP contribution in [0, 0.1) is 22.7 Å². The molecule has 1 heterocycles. The van der Waals surface area contributed by atoms with Gasteiger partial charge in [-0.05, 0) is 12.1 Å². The van der Waals surface area contributed by atoms with Crippen molar-refractivity contribution in [3.05, 3.63) is 41.7 Å². The zero-order valence-electron chi connectivity index (χ0n) is 8.87. The number of nitrogens with zero attached hydrogens (tertiary/aromatic N) is 4. The molecule has 6 nitrogen and oxygen atoms in total. The number of carbonyl (C=O) groups excluding carboxylic acids is 1. The van der Waals surface area contributed by atoms with Crippen LogP contribution in [-0.4, -0.2) is 10.5 Å². The maximum absolute atomic E-state index is 10.8. The van der Waals surface area contributed by atoms with E-state index >= 15 is 0 Å². The molecule has 1 aromatic heterocycles. The summed E-state index contributed by atoms with van der Waals surface area (Å²) in [6, 6.07) is 8.47. The zero-order chi connectivity index (χ0) is 12.7. The van der Waals surface area contributed by atoms with Gasteiger partial charge in [-0.15, -0.1) is 0 Å². The maximum atomic E-state index is 10.8. The Morgan fingerprint density at radius 3 is 2.76 bits per heavy atom. The first-order valence-electron chi connectivity index (χ1n) is 4.65. The number of nitriles is 2. The molecular formula is C11H9N5O. The second kappa shape index (κ2) is 5.89. The van der Waals surface area contributed by atoms with E-state index in [1.807, 2.05) is 0 Å². The van der Waals surface area contributed by atoms with Gasteiger partial charge in [0.05, 0.1) is 6.20 Å². The lowest BCUT2D eigenvalue weighted by molar-refractivity contribution is -0.118. The molecule has 0 atom stereocenters. The molecule has 0 unspecified atom stereocenters. The average Bonchev–Trinajstić information content (AvgIpc) is 2.31. The topological polar surface area (TPSA) is 108 Å². The molecule has 6 heteroatoms. The highest BCUT2D eigenvalue weighted by atomic mass is 16.1. The van der Waals surface area contributed by atoms with E-state index in [0.717, 1.165) is 6.20 Å². The van der Waals surface area contributed by atoms with Gasteiger partial charge in [0.15, 0.2) is 0 Å². The lowest BCUT2D eigenvalue weighted by Crippen LogP contribution is -2.27. The zero-order valence-corrected chi connectivity index (χ0v) is 8.87. The monoisotopic (exact) mass is 227 g/mol. The first-order valence-corrected chi connectivity index (χ1v) is 4.65. The SMILES string of the molecule is N#CC(C#N)=CN=c1ccccn1CC(N)=O. The third kappa shape index (κ3) is 3.65. The van der Waals surface area contributed by atoms with Crippen LogP contribution in [0.2, 0.25) is 0 Å². The van der Waals surface area contributed by atoms with Crippen LogP contribution in [0.5, 0.6) is 0 Å². The van der Waals surface area contributed by atoms with E-state index in [9.17, 15) is 4.79 Å². The summed E-state index contributed by atoms with van der Waals surface area (Å²) in [4.78, 5) is 14.8. The minimum absolute atomic E-state index is 0.0120. The first kappa shape index (κ1) is 12.2. The molecule has 84 valence electrons. The number of nitrogens with two attached hydrogens (primary N) is 1. The summed E-state index contributed by atoms with van der Waals surface area (Å²) in [5.74, 6) is -0.498. The van der Waals surface area contributed by atoms with E-state index < -0.39 is 5.91 Å². The number of amides is 1. The van der Waals surface area contributed by atoms with E-state index in [4.69, 9.17) is 16.3 Å². The van der Waals surface area contributed by atoms with Gasteiger partial charge >= 0.3 is 0 Å². The van der Waals surface area contributed by atoms with Gasteiger partial charge in [0.1, 0.15) is 29.7 Å². The van der Waals surface area contributed by atoms with Crippen molar-refractivity contribution in [3.8, 4) is 12.1 Å². The highest BCUT2D eigenvalue weighted by Gasteiger charge is 1.96. The van der Waals surface area contributed by atoms with Gasteiger partial charge in [-0.3, -0.25) is 4.79 Å². The number of carbonyl (C=O) groups is 1. The van der Waals surface area contributed by atoms with Crippen LogP contribution in [0.25, 0.3) is 0 Å². The lowest BCUT2D eigenvalue weighted by Gasteiger charge is -2.02.